The van der Waals surface area contributed by atoms with Crippen LogP contribution in [0.25, 0.3) is 11.0 Å². The lowest BCUT2D eigenvalue weighted by Crippen LogP contribution is -2.42. The van der Waals surface area contributed by atoms with Crippen molar-refractivity contribution in [2.24, 2.45) is 5.92 Å². The fraction of sp³-hybridized carbons (Fsp3) is 0.571. The van der Waals surface area contributed by atoms with Gasteiger partial charge in [-0.15, -0.1) is 0 Å². The van der Waals surface area contributed by atoms with Crippen molar-refractivity contribution < 1.29 is 9.59 Å². The number of thioether (sulfide) groups is 1. The van der Waals surface area contributed by atoms with Gasteiger partial charge in [0.25, 0.3) is 0 Å². The van der Waals surface area contributed by atoms with E-state index in [-0.39, 0.29) is 11.1 Å². The summed E-state index contributed by atoms with van der Waals surface area (Å²) >= 11 is 1.28. The van der Waals surface area contributed by atoms with E-state index in [4.69, 9.17) is 0 Å². The third-order valence-corrected chi connectivity index (χ3v) is 6.12. The summed E-state index contributed by atoms with van der Waals surface area (Å²) < 4.78 is 0. The van der Waals surface area contributed by atoms with Crippen LogP contribution in [-0.2, 0) is 11.3 Å². The van der Waals surface area contributed by atoms with Crippen molar-refractivity contribution in [2.75, 3.05) is 18.8 Å². The molecule has 0 unspecified atom stereocenters. The normalized spacial score (nSPS) is 14.9. The van der Waals surface area contributed by atoms with Gasteiger partial charge in [0.1, 0.15) is 5.82 Å². The Morgan fingerprint density at radius 2 is 2.00 bits per heavy atom. The molecule has 0 aliphatic heterocycles. The minimum absolute atomic E-state index is 0.0829. The molecular weight excluding hydrogens is 372 g/mol. The second kappa shape index (κ2) is 10.5. The number of hydrogen-bond donors (Lipinski definition) is 2. The van der Waals surface area contributed by atoms with Crippen molar-refractivity contribution >= 4 is 33.9 Å². The van der Waals surface area contributed by atoms with Gasteiger partial charge in [0, 0.05) is 25.8 Å². The van der Waals surface area contributed by atoms with Crippen LogP contribution in [0.1, 0.15) is 51.3 Å². The average molecular weight is 403 g/mol. The van der Waals surface area contributed by atoms with Crippen molar-refractivity contribution in [2.45, 2.75) is 52.0 Å². The molecule has 7 heteroatoms. The molecule has 3 rings (SSSR count). The SMILES string of the molecule is CC(=O)SCCN(CCC1CCCCC1)C(=O)NCc1nc2ccccc2[nH]1. The third-order valence-electron chi connectivity index (χ3n) is 5.33. The standard InChI is InChI=1S/C21H30N4O2S/c1-16(26)28-14-13-25(12-11-17-7-3-2-4-8-17)21(27)22-15-20-23-18-9-5-6-10-19(18)24-20/h5-6,9-10,17H,2-4,7-8,11-15H2,1H3,(H,22,27)(H,23,24). The number of benzene rings is 1. The lowest BCUT2D eigenvalue weighted by Gasteiger charge is -2.27. The number of rotatable bonds is 8. The van der Waals surface area contributed by atoms with Gasteiger partial charge in [-0.05, 0) is 24.5 Å². The van der Waals surface area contributed by atoms with Crippen LogP contribution in [0.4, 0.5) is 4.79 Å². The van der Waals surface area contributed by atoms with Crippen molar-refractivity contribution in [1.82, 2.24) is 20.2 Å². The average Bonchev–Trinajstić information content (AvgIpc) is 3.12. The van der Waals surface area contributed by atoms with E-state index in [1.807, 2.05) is 29.2 Å². The van der Waals surface area contributed by atoms with Crippen LogP contribution < -0.4 is 5.32 Å². The summed E-state index contributed by atoms with van der Waals surface area (Å²) in [6.07, 6.45) is 7.55. The number of fused-ring (bicyclic) bond motifs is 1. The molecule has 2 amide bonds. The van der Waals surface area contributed by atoms with Crippen LogP contribution >= 0.6 is 11.8 Å². The number of imidazole rings is 1. The summed E-state index contributed by atoms with van der Waals surface area (Å²) in [7, 11) is 0. The van der Waals surface area contributed by atoms with E-state index in [1.165, 1.54) is 43.9 Å². The third kappa shape index (κ3) is 6.26. The van der Waals surface area contributed by atoms with E-state index in [1.54, 1.807) is 6.92 Å². The number of carbonyl (C=O) groups excluding carboxylic acids is 2. The molecule has 1 aliphatic rings. The number of nitrogens with one attached hydrogen (secondary N) is 2. The molecule has 0 spiro atoms. The van der Waals surface area contributed by atoms with Gasteiger partial charge in [0.05, 0.1) is 17.6 Å². The Balaban J connectivity index is 1.53. The fourth-order valence-corrected chi connectivity index (χ4v) is 4.39. The van der Waals surface area contributed by atoms with E-state index >= 15 is 0 Å². The highest BCUT2D eigenvalue weighted by Crippen LogP contribution is 2.26. The molecule has 152 valence electrons. The van der Waals surface area contributed by atoms with Crippen molar-refractivity contribution in [3.8, 4) is 0 Å². The number of carbonyl (C=O) groups is 2. The number of amides is 2. The number of nitrogens with zero attached hydrogens (tertiary/aromatic N) is 2. The number of aromatic nitrogens is 2. The zero-order chi connectivity index (χ0) is 19.8. The van der Waals surface area contributed by atoms with E-state index in [0.29, 0.717) is 18.8 Å². The van der Waals surface area contributed by atoms with Crippen LogP contribution in [0, 0.1) is 5.92 Å². The number of H-pyrrole nitrogens is 1. The van der Waals surface area contributed by atoms with Gasteiger partial charge in [-0.25, -0.2) is 9.78 Å². The summed E-state index contributed by atoms with van der Waals surface area (Å²) in [5, 5.41) is 3.08. The minimum atomic E-state index is -0.0829. The van der Waals surface area contributed by atoms with E-state index in [0.717, 1.165) is 35.7 Å². The molecule has 1 heterocycles. The largest absolute Gasteiger partial charge is 0.340 e. The predicted molar refractivity (Wildman–Crippen MR) is 114 cm³/mol. The van der Waals surface area contributed by atoms with E-state index in [2.05, 4.69) is 15.3 Å². The van der Waals surface area contributed by atoms with E-state index in [9.17, 15) is 9.59 Å². The topological polar surface area (TPSA) is 78.1 Å². The summed E-state index contributed by atoms with van der Waals surface area (Å²) in [4.78, 5) is 33.6. The molecule has 0 atom stereocenters. The van der Waals surface area contributed by atoms with Crippen LogP contribution in [0.15, 0.2) is 24.3 Å². The Labute approximate surface area is 170 Å². The summed E-state index contributed by atoms with van der Waals surface area (Å²) in [6.45, 7) is 3.27. The number of para-hydroxylation sites is 2. The highest BCUT2D eigenvalue weighted by molar-refractivity contribution is 8.13. The highest BCUT2D eigenvalue weighted by atomic mass is 32.2. The van der Waals surface area contributed by atoms with Gasteiger partial charge < -0.3 is 15.2 Å². The Hall–Kier alpha value is -2.02. The first-order valence-electron chi connectivity index (χ1n) is 10.2. The van der Waals surface area contributed by atoms with Crippen LogP contribution in [0.2, 0.25) is 0 Å². The molecule has 1 saturated carbocycles. The second-order valence-electron chi connectivity index (χ2n) is 7.48. The van der Waals surface area contributed by atoms with Crippen molar-refractivity contribution in [1.29, 1.82) is 0 Å². The maximum atomic E-state index is 12.8. The van der Waals surface area contributed by atoms with Gasteiger partial charge in [-0.2, -0.15) is 0 Å². The molecule has 6 nitrogen and oxygen atoms in total. The Kier molecular flexibility index (Phi) is 7.77. The van der Waals surface area contributed by atoms with Gasteiger partial charge in [-0.3, -0.25) is 4.79 Å². The molecule has 0 bridgehead atoms. The van der Waals surface area contributed by atoms with Gasteiger partial charge >= 0.3 is 6.03 Å². The number of urea groups is 1. The monoisotopic (exact) mass is 402 g/mol. The maximum absolute atomic E-state index is 12.8. The Bertz CT molecular complexity index is 753. The summed E-state index contributed by atoms with van der Waals surface area (Å²) in [5.74, 6) is 2.11. The molecule has 0 radical (unpaired) electrons. The molecule has 28 heavy (non-hydrogen) atoms. The van der Waals surface area contributed by atoms with Gasteiger partial charge in [0.15, 0.2) is 5.12 Å². The predicted octanol–water partition coefficient (Wildman–Crippen LogP) is 4.32. The first kappa shape index (κ1) is 20.7. The lowest BCUT2D eigenvalue weighted by atomic mass is 9.87. The van der Waals surface area contributed by atoms with E-state index < -0.39 is 0 Å². The Morgan fingerprint density at radius 3 is 2.75 bits per heavy atom. The first-order valence-corrected chi connectivity index (χ1v) is 11.2. The molecule has 2 N–H and O–H groups in total. The van der Waals surface area contributed by atoms with Crippen LogP contribution in [-0.4, -0.2) is 44.9 Å². The molecule has 1 aromatic heterocycles. The van der Waals surface area contributed by atoms with Gasteiger partial charge in [-0.1, -0.05) is 56.0 Å². The Morgan fingerprint density at radius 1 is 1.21 bits per heavy atom. The van der Waals surface area contributed by atoms with Crippen LogP contribution in [0.3, 0.4) is 0 Å². The zero-order valence-corrected chi connectivity index (χ0v) is 17.4. The summed E-state index contributed by atoms with van der Waals surface area (Å²) in [5.41, 5.74) is 1.87. The van der Waals surface area contributed by atoms with Crippen LogP contribution in [0.5, 0.6) is 0 Å². The second-order valence-corrected chi connectivity index (χ2v) is 8.75. The molecule has 0 saturated heterocycles. The smallest absolute Gasteiger partial charge is 0.317 e. The summed E-state index contributed by atoms with van der Waals surface area (Å²) in [6, 6.07) is 7.75. The van der Waals surface area contributed by atoms with Crippen molar-refractivity contribution in [3.63, 3.8) is 0 Å². The molecule has 1 fully saturated rings. The quantitative estimate of drug-likeness (QED) is 0.689. The molecule has 1 aliphatic carbocycles. The molecule has 1 aromatic carbocycles. The molecular formula is C21H30N4O2S. The number of hydrogen-bond acceptors (Lipinski definition) is 4. The number of aromatic amines is 1. The highest BCUT2D eigenvalue weighted by Gasteiger charge is 2.18. The fourth-order valence-electron chi connectivity index (χ4n) is 3.79. The zero-order valence-electron chi connectivity index (χ0n) is 16.6. The first-order chi connectivity index (χ1) is 13.6. The minimum Gasteiger partial charge on any atom is -0.340 e. The lowest BCUT2D eigenvalue weighted by molar-refractivity contribution is -0.109. The van der Waals surface area contributed by atoms with Crippen molar-refractivity contribution in [3.05, 3.63) is 30.1 Å². The molecule has 2 aromatic rings. The van der Waals surface area contributed by atoms with Gasteiger partial charge in [0.2, 0.25) is 0 Å². The maximum Gasteiger partial charge on any atom is 0.317 e.